The van der Waals surface area contributed by atoms with E-state index < -0.39 is 8.32 Å². The molecule has 1 fully saturated rings. The third kappa shape index (κ3) is 5.58. The minimum absolute atomic E-state index is 0.256. The molecule has 4 atom stereocenters. The molecule has 0 N–H and O–H groups in total. The quantitative estimate of drug-likeness (QED) is 0.355. The second-order valence-electron chi connectivity index (χ2n) is 9.92. The number of methoxy groups -OCH3 is 1. The van der Waals surface area contributed by atoms with Crippen molar-refractivity contribution < 1.29 is 14.0 Å². The van der Waals surface area contributed by atoms with E-state index >= 15 is 0 Å². The zero-order valence-corrected chi connectivity index (χ0v) is 20.7. The molecule has 2 rings (SSSR count). The van der Waals surface area contributed by atoms with Crippen LogP contribution in [-0.4, -0.2) is 28.0 Å². The van der Waals surface area contributed by atoms with Gasteiger partial charge in [0.05, 0.1) is 7.11 Å². The van der Waals surface area contributed by atoms with Gasteiger partial charge in [0.25, 0.3) is 0 Å². The molecule has 0 radical (unpaired) electrons. The van der Waals surface area contributed by atoms with E-state index in [0.29, 0.717) is 22.6 Å². The SMILES string of the molecule is COC(=O)c1ccc(/C=C/C[C@@H]2[C@@H](CO[Si](C)(C)C(C)(C)C)[C@H](C)C[C@@H]2C)s1. The lowest BCUT2D eigenvalue weighted by Crippen LogP contribution is -2.42. The van der Waals surface area contributed by atoms with Crippen molar-refractivity contribution in [1.29, 1.82) is 0 Å². The van der Waals surface area contributed by atoms with Gasteiger partial charge in [-0.3, -0.25) is 0 Å². The number of hydrogen-bond acceptors (Lipinski definition) is 4. The smallest absolute Gasteiger partial charge is 0.348 e. The fourth-order valence-corrected chi connectivity index (χ4v) is 5.89. The average Bonchev–Trinajstić information content (AvgIpc) is 3.16. The van der Waals surface area contributed by atoms with Crippen molar-refractivity contribution in [3.8, 4) is 0 Å². The zero-order valence-electron chi connectivity index (χ0n) is 18.9. The van der Waals surface area contributed by atoms with Crippen LogP contribution in [0.2, 0.25) is 18.1 Å². The van der Waals surface area contributed by atoms with Gasteiger partial charge in [-0.15, -0.1) is 11.3 Å². The van der Waals surface area contributed by atoms with Gasteiger partial charge in [-0.2, -0.15) is 0 Å². The van der Waals surface area contributed by atoms with E-state index in [1.165, 1.54) is 24.9 Å². The molecule has 0 unspecified atom stereocenters. The first-order valence-electron chi connectivity index (χ1n) is 10.4. The van der Waals surface area contributed by atoms with Crippen LogP contribution in [0.4, 0.5) is 0 Å². The number of esters is 1. The molecule has 1 heterocycles. The number of hydrogen-bond donors (Lipinski definition) is 0. The highest BCUT2D eigenvalue weighted by Gasteiger charge is 2.42. The second kappa shape index (κ2) is 9.27. The van der Waals surface area contributed by atoms with Crippen LogP contribution in [0.5, 0.6) is 0 Å². The second-order valence-corrected chi connectivity index (χ2v) is 15.8. The number of ether oxygens (including phenoxy) is 1. The number of thiophene rings is 1. The van der Waals surface area contributed by atoms with E-state index in [1.807, 2.05) is 12.1 Å². The molecule has 28 heavy (non-hydrogen) atoms. The Morgan fingerprint density at radius 3 is 2.46 bits per heavy atom. The van der Waals surface area contributed by atoms with Crippen molar-refractivity contribution in [3.05, 3.63) is 28.0 Å². The van der Waals surface area contributed by atoms with E-state index in [0.717, 1.165) is 23.8 Å². The lowest BCUT2D eigenvalue weighted by atomic mass is 9.86. The fourth-order valence-electron chi connectivity index (χ4n) is 3.99. The summed E-state index contributed by atoms with van der Waals surface area (Å²) in [5, 5.41) is 0.256. The molecule has 3 nitrogen and oxygen atoms in total. The average molecular weight is 423 g/mol. The molecule has 0 aliphatic heterocycles. The first-order valence-corrected chi connectivity index (χ1v) is 14.2. The summed E-state index contributed by atoms with van der Waals surface area (Å²) in [6, 6.07) is 3.83. The molecule has 1 saturated carbocycles. The highest BCUT2D eigenvalue weighted by atomic mass is 32.1. The van der Waals surface area contributed by atoms with Crippen molar-refractivity contribution in [2.75, 3.05) is 13.7 Å². The van der Waals surface area contributed by atoms with Gasteiger partial charge in [-0.25, -0.2) is 4.79 Å². The molecule has 0 saturated heterocycles. The van der Waals surface area contributed by atoms with Crippen LogP contribution in [0.1, 0.15) is 62.0 Å². The first kappa shape index (κ1) is 23.4. The van der Waals surface area contributed by atoms with E-state index in [9.17, 15) is 4.79 Å². The lowest BCUT2D eigenvalue weighted by molar-refractivity contribution is 0.0606. The molecule has 0 amide bonds. The first-order chi connectivity index (χ1) is 13.0. The Kier molecular flexibility index (Phi) is 7.74. The Morgan fingerprint density at radius 2 is 1.86 bits per heavy atom. The van der Waals surface area contributed by atoms with E-state index in [4.69, 9.17) is 9.16 Å². The van der Waals surface area contributed by atoms with Crippen LogP contribution in [-0.2, 0) is 9.16 Å². The highest BCUT2D eigenvalue weighted by Crippen LogP contribution is 2.45. The Hall–Kier alpha value is -0.913. The Bertz CT molecular complexity index is 686. The van der Waals surface area contributed by atoms with Gasteiger partial charge in [-0.1, -0.05) is 40.7 Å². The van der Waals surface area contributed by atoms with Gasteiger partial charge >= 0.3 is 5.97 Å². The normalized spacial score (nSPS) is 26.1. The van der Waals surface area contributed by atoms with E-state index in [1.54, 1.807) is 0 Å². The summed E-state index contributed by atoms with van der Waals surface area (Å²) in [5.41, 5.74) is 0. The fraction of sp³-hybridized carbons (Fsp3) is 0.696. The van der Waals surface area contributed by atoms with Crippen molar-refractivity contribution in [3.63, 3.8) is 0 Å². The molecular formula is C23H38O3SSi. The molecular weight excluding hydrogens is 384 g/mol. The summed E-state index contributed by atoms with van der Waals surface area (Å²) < 4.78 is 11.4. The Morgan fingerprint density at radius 1 is 1.21 bits per heavy atom. The third-order valence-electron chi connectivity index (χ3n) is 6.90. The highest BCUT2D eigenvalue weighted by molar-refractivity contribution is 7.14. The van der Waals surface area contributed by atoms with Gasteiger partial charge in [0.15, 0.2) is 8.32 Å². The standard InChI is InChI=1S/C23H38O3SSi/c1-16-14-17(2)20(15-26-28(7,8)23(3,4)5)19(16)11-9-10-18-12-13-21(27-18)22(24)25-6/h9-10,12-13,16-17,19-20H,11,14-15H2,1-8H3/b10-9+/t16-,17+,19-,20-/m0/s1. The van der Waals surface area contributed by atoms with Crippen molar-refractivity contribution in [2.24, 2.45) is 23.7 Å². The molecule has 1 aliphatic rings. The number of carbonyl (C=O) groups excluding carboxylic acids is 1. The maximum atomic E-state index is 11.6. The Labute approximate surface area is 176 Å². The molecule has 5 heteroatoms. The lowest BCUT2D eigenvalue weighted by Gasteiger charge is -2.38. The molecule has 0 aromatic carbocycles. The van der Waals surface area contributed by atoms with Crippen LogP contribution in [0.3, 0.4) is 0 Å². The predicted molar refractivity (Wildman–Crippen MR) is 122 cm³/mol. The number of rotatable bonds is 7. The van der Waals surface area contributed by atoms with Crippen molar-refractivity contribution in [1.82, 2.24) is 0 Å². The van der Waals surface area contributed by atoms with Gasteiger partial charge in [0.2, 0.25) is 0 Å². The topological polar surface area (TPSA) is 35.5 Å². The van der Waals surface area contributed by atoms with Gasteiger partial charge in [0.1, 0.15) is 4.88 Å². The number of allylic oxidation sites excluding steroid dienone is 1. The van der Waals surface area contributed by atoms with Gasteiger partial charge < -0.3 is 9.16 Å². The number of carbonyl (C=O) groups is 1. The summed E-state index contributed by atoms with van der Waals surface area (Å²) in [6.45, 7) is 17.3. The maximum Gasteiger partial charge on any atom is 0.348 e. The van der Waals surface area contributed by atoms with Crippen LogP contribution >= 0.6 is 11.3 Å². The monoisotopic (exact) mass is 422 g/mol. The van der Waals surface area contributed by atoms with Crippen LogP contribution < -0.4 is 0 Å². The minimum atomic E-state index is -1.71. The summed E-state index contributed by atoms with van der Waals surface area (Å²) in [5.74, 6) is 2.47. The summed E-state index contributed by atoms with van der Waals surface area (Å²) >= 11 is 1.49. The van der Waals surface area contributed by atoms with Crippen molar-refractivity contribution in [2.45, 2.75) is 65.6 Å². The van der Waals surface area contributed by atoms with E-state index in [2.05, 4.69) is 59.9 Å². The molecule has 1 aromatic rings. The van der Waals surface area contributed by atoms with Crippen LogP contribution in [0.25, 0.3) is 6.08 Å². The third-order valence-corrected chi connectivity index (χ3v) is 12.4. The molecule has 1 aliphatic carbocycles. The van der Waals surface area contributed by atoms with Gasteiger partial charge in [-0.05, 0) is 72.9 Å². The predicted octanol–water partition coefficient (Wildman–Crippen LogP) is 6.87. The summed E-state index contributed by atoms with van der Waals surface area (Å²) in [4.78, 5) is 13.4. The largest absolute Gasteiger partial charge is 0.465 e. The molecule has 1 aromatic heterocycles. The van der Waals surface area contributed by atoms with Crippen LogP contribution in [0.15, 0.2) is 18.2 Å². The Balaban J connectivity index is 2.00. The van der Waals surface area contributed by atoms with Gasteiger partial charge in [0, 0.05) is 11.5 Å². The molecule has 0 spiro atoms. The summed E-state index contributed by atoms with van der Waals surface area (Å²) in [7, 11) is -0.287. The molecule has 158 valence electrons. The van der Waals surface area contributed by atoms with E-state index in [-0.39, 0.29) is 11.0 Å². The van der Waals surface area contributed by atoms with Crippen molar-refractivity contribution >= 4 is 31.7 Å². The summed E-state index contributed by atoms with van der Waals surface area (Å²) in [6.07, 6.45) is 6.79. The maximum absolute atomic E-state index is 11.6. The molecule has 0 bridgehead atoms. The minimum Gasteiger partial charge on any atom is -0.465 e. The van der Waals surface area contributed by atoms with Crippen LogP contribution in [0, 0.1) is 23.7 Å². The zero-order chi connectivity index (χ0) is 21.1.